The molecule has 4 amide bonds. The molecule has 4 aromatic rings. The molecule has 17 nitrogen and oxygen atoms in total. The van der Waals surface area contributed by atoms with Gasteiger partial charge in [0.05, 0.1) is 23.9 Å². The first kappa shape index (κ1) is 43.1. The molecule has 3 atom stereocenters. The van der Waals surface area contributed by atoms with Crippen LogP contribution in [0.1, 0.15) is 87.2 Å². The zero-order valence-corrected chi connectivity index (χ0v) is 37.7. The Bertz CT molecular complexity index is 2600. The first-order valence-electron chi connectivity index (χ1n) is 22.9. The quantitative estimate of drug-likeness (QED) is 0.169. The third-order valence-corrected chi connectivity index (χ3v) is 14.4. The number of pyridine rings is 1. The number of amides is 4. The summed E-state index contributed by atoms with van der Waals surface area (Å²) in [5.41, 5.74) is 3.88. The number of carbonyl (C=O) groups is 4. The molecule has 18 heteroatoms. The Morgan fingerprint density at radius 1 is 0.923 bits per heavy atom. The number of benzene rings is 2. The van der Waals surface area contributed by atoms with Crippen molar-refractivity contribution in [2.75, 3.05) is 55.0 Å². The second-order valence-electron chi connectivity index (χ2n) is 18.6. The Hall–Kier alpha value is -5.78. The summed E-state index contributed by atoms with van der Waals surface area (Å²) < 4.78 is 14.0. The van der Waals surface area contributed by atoms with Crippen LogP contribution in [0, 0.1) is 0 Å². The van der Waals surface area contributed by atoms with Crippen molar-refractivity contribution in [3.8, 4) is 5.75 Å². The fraction of sp³-hybridized carbons (Fsp3) is 0.511. The van der Waals surface area contributed by atoms with Crippen molar-refractivity contribution in [3.63, 3.8) is 0 Å². The number of ether oxygens (including phenoxy) is 2. The predicted molar refractivity (Wildman–Crippen MR) is 245 cm³/mol. The Labute approximate surface area is 381 Å². The van der Waals surface area contributed by atoms with Gasteiger partial charge in [-0.05, 0) is 107 Å². The van der Waals surface area contributed by atoms with Crippen molar-refractivity contribution in [1.29, 1.82) is 0 Å². The van der Waals surface area contributed by atoms with E-state index >= 15 is 0 Å². The molecule has 1 saturated carbocycles. The van der Waals surface area contributed by atoms with E-state index in [1.165, 1.54) is 19.9 Å². The van der Waals surface area contributed by atoms with Gasteiger partial charge < -0.3 is 39.4 Å². The van der Waals surface area contributed by atoms with E-state index in [4.69, 9.17) is 26.1 Å². The SMILES string of the molecule is CNC(=O)COc1cc2cc(Nc3nc(N4CCC(OC5CC(N6C7CCC6CN(c6ccc8c(c6)CN(C6CCC(=O)NC6=O)C8=O)C7)C5)CC4)ncc3Cl)ccc2n(C(C)C)c1=O. The lowest BCUT2D eigenvalue weighted by atomic mass is 9.85. The number of hydrogen-bond donors (Lipinski definition) is 3. The van der Waals surface area contributed by atoms with Gasteiger partial charge in [-0.25, -0.2) is 4.98 Å². The fourth-order valence-corrected chi connectivity index (χ4v) is 11.0. The summed E-state index contributed by atoms with van der Waals surface area (Å²) in [6.07, 6.45) is 8.88. The van der Waals surface area contributed by atoms with Crippen molar-refractivity contribution in [1.82, 2.24) is 35.0 Å². The number of carbonyl (C=O) groups excluding carboxylic acids is 4. The van der Waals surface area contributed by atoms with E-state index in [1.54, 1.807) is 21.7 Å². The number of piperazine rings is 1. The summed E-state index contributed by atoms with van der Waals surface area (Å²) in [6.45, 7) is 7.41. The number of nitrogens with one attached hydrogen (secondary N) is 3. The number of halogens is 1. The topological polar surface area (TPSA) is 184 Å². The van der Waals surface area contributed by atoms with Gasteiger partial charge in [-0.2, -0.15) is 4.98 Å². The zero-order valence-electron chi connectivity index (χ0n) is 36.9. The largest absolute Gasteiger partial charge is 0.478 e. The smallest absolute Gasteiger partial charge is 0.293 e. The Balaban J connectivity index is 0.711. The highest BCUT2D eigenvalue weighted by Gasteiger charge is 2.48. The first-order valence-corrected chi connectivity index (χ1v) is 23.3. The molecule has 1 aliphatic carbocycles. The number of fused-ring (bicyclic) bond motifs is 4. The van der Waals surface area contributed by atoms with Crippen LogP contribution in [0.4, 0.5) is 23.1 Å². The lowest BCUT2D eigenvalue weighted by Crippen LogP contribution is -2.61. The molecular formula is C47H55ClN10O7. The van der Waals surface area contributed by atoms with Crippen molar-refractivity contribution < 1.29 is 28.7 Å². The second kappa shape index (κ2) is 17.5. The highest BCUT2D eigenvalue weighted by atomic mass is 35.5. The van der Waals surface area contributed by atoms with Gasteiger partial charge in [0, 0.05) is 92.7 Å². The molecular weight excluding hydrogens is 852 g/mol. The van der Waals surface area contributed by atoms with Gasteiger partial charge in [0.2, 0.25) is 17.8 Å². The summed E-state index contributed by atoms with van der Waals surface area (Å²) in [5.74, 6) is 0.0278. The number of nitrogens with zero attached hydrogens (tertiary/aromatic N) is 7. The molecule has 3 N–H and O–H groups in total. The summed E-state index contributed by atoms with van der Waals surface area (Å²) in [4.78, 5) is 81.1. The fourth-order valence-electron chi connectivity index (χ4n) is 10.8. The monoisotopic (exact) mass is 906 g/mol. The average Bonchev–Trinajstić information content (AvgIpc) is 3.73. The zero-order chi connectivity index (χ0) is 45.1. The van der Waals surface area contributed by atoms with Gasteiger partial charge in [0.25, 0.3) is 17.4 Å². The van der Waals surface area contributed by atoms with Crippen LogP contribution in [0.25, 0.3) is 10.9 Å². The summed E-state index contributed by atoms with van der Waals surface area (Å²) in [5, 5.41) is 9.38. The molecule has 5 aliphatic heterocycles. The van der Waals surface area contributed by atoms with Gasteiger partial charge in [-0.3, -0.25) is 34.2 Å². The van der Waals surface area contributed by atoms with Crippen molar-refractivity contribution in [2.24, 2.45) is 0 Å². The molecule has 3 unspecified atom stereocenters. The molecule has 342 valence electrons. The third-order valence-electron chi connectivity index (χ3n) is 14.2. The second-order valence-corrected chi connectivity index (χ2v) is 19.0. The maximum Gasteiger partial charge on any atom is 0.293 e. The van der Waals surface area contributed by atoms with Crippen LogP contribution >= 0.6 is 11.6 Å². The third kappa shape index (κ3) is 8.38. The number of anilines is 4. The van der Waals surface area contributed by atoms with E-state index in [2.05, 4.69) is 47.8 Å². The predicted octanol–water partition coefficient (Wildman–Crippen LogP) is 4.52. The van der Waals surface area contributed by atoms with E-state index < -0.39 is 6.04 Å². The minimum absolute atomic E-state index is 0.0957. The maximum atomic E-state index is 13.3. The van der Waals surface area contributed by atoms with Gasteiger partial charge >= 0.3 is 0 Å². The maximum absolute atomic E-state index is 13.3. The molecule has 2 aromatic heterocycles. The summed E-state index contributed by atoms with van der Waals surface area (Å²) in [6, 6.07) is 14.2. The molecule has 4 saturated heterocycles. The number of aromatic nitrogens is 3. The lowest BCUT2D eigenvalue weighted by Gasteiger charge is -2.51. The van der Waals surface area contributed by atoms with Gasteiger partial charge in [0.15, 0.2) is 18.2 Å². The Kier molecular flexibility index (Phi) is 11.6. The van der Waals surface area contributed by atoms with Crippen molar-refractivity contribution >= 4 is 69.3 Å². The van der Waals surface area contributed by atoms with E-state index in [0.717, 1.165) is 79.7 Å². The molecule has 0 spiro atoms. The lowest BCUT2D eigenvalue weighted by molar-refractivity contribution is -0.137. The van der Waals surface area contributed by atoms with Crippen LogP contribution < -0.4 is 36.0 Å². The minimum Gasteiger partial charge on any atom is -0.478 e. The summed E-state index contributed by atoms with van der Waals surface area (Å²) in [7, 11) is 1.52. The van der Waals surface area contributed by atoms with E-state index in [9.17, 15) is 24.0 Å². The Morgan fingerprint density at radius 2 is 1.69 bits per heavy atom. The van der Waals surface area contributed by atoms with E-state index in [-0.39, 0.29) is 66.2 Å². The van der Waals surface area contributed by atoms with Gasteiger partial charge in [-0.1, -0.05) is 11.6 Å². The van der Waals surface area contributed by atoms with Gasteiger partial charge in [-0.15, -0.1) is 0 Å². The molecule has 10 rings (SSSR count). The molecule has 2 aromatic carbocycles. The van der Waals surface area contributed by atoms with Crippen LogP contribution in [0.3, 0.4) is 0 Å². The number of piperidine rings is 2. The Morgan fingerprint density at radius 3 is 2.42 bits per heavy atom. The molecule has 65 heavy (non-hydrogen) atoms. The number of rotatable bonds is 12. The van der Waals surface area contributed by atoms with Crippen molar-refractivity contribution in [3.05, 3.63) is 75.2 Å². The van der Waals surface area contributed by atoms with E-state index in [1.807, 2.05) is 38.1 Å². The highest BCUT2D eigenvalue weighted by molar-refractivity contribution is 6.33. The first-order chi connectivity index (χ1) is 31.4. The minimum atomic E-state index is -0.610. The average molecular weight is 907 g/mol. The van der Waals surface area contributed by atoms with Crippen LogP contribution in [-0.4, -0.2) is 124 Å². The molecule has 2 bridgehead atoms. The van der Waals surface area contributed by atoms with Crippen LogP contribution in [0.5, 0.6) is 5.75 Å². The number of imide groups is 1. The van der Waals surface area contributed by atoms with Crippen LogP contribution in [0.15, 0.2) is 53.5 Å². The normalized spacial score (nSPS) is 24.7. The molecule has 5 fully saturated rings. The van der Waals surface area contributed by atoms with Crippen LogP contribution in [-0.2, 0) is 25.7 Å². The van der Waals surface area contributed by atoms with Crippen molar-refractivity contribution in [2.45, 2.75) is 114 Å². The molecule has 7 heterocycles. The molecule has 6 aliphatic rings. The summed E-state index contributed by atoms with van der Waals surface area (Å²) >= 11 is 6.62. The van der Waals surface area contributed by atoms with E-state index in [0.29, 0.717) is 53.4 Å². The number of likely N-dealkylation sites (N-methyl/N-ethyl adjacent to an activating group) is 1. The standard InChI is InChI=1S/C47H55ClN10O7/c1-26(2)57-38-9-4-29(16-27(38)18-40(46(57)63)64-25-42(60)49-3)51-43-37(48)21-50-47(53-43)54-14-12-34(13-15-54)65-35-19-33(20-35)58-31-5-6-32(58)24-55(23-31)30-7-8-36-28(17-30)22-56(45(36)62)39-10-11-41(59)52-44(39)61/h4,7-9,16-18,21,26,31-35,39H,5-6,10-15,19-20,22-25H2,1-3H3,(H,49,60)(H,50,51,53)(H,52,59,61). The molecule has 0 radical (unpaired) electrons. The highest BCUT2D eigenvalue weighted by Crippen LogP contribution is 2.42. The van der Waals surface area contributed by atoms with Crippen LogP contribution in [0.2, 0.25) is 5.02 Å². The number of hydrogen-bond acceptors (Lipinski definition) is 13. The van der Waals surface area contributed by atoms with Gasteiger partial charge in [0.1, 0.15) is 11.1 Å².